The van der Waals surface area contributed by atoms with E-state index in [1.165, 1.54) is 4.90 Å². The van der Waals surface area contributed by atoms with Crippen LogP contribution in [0.25, 0.3) is 10.8 Å². The van der Waals surface area contributed by atoms with Crippen molar-refractivity contribution in [2.24, 2.45) is 11.8 Å². The molecule has 3 saturated heterocycles. The van der Waals surface area contributed by atoms with E-state index in [9.17, 15) is 19.5 Å². The molecule has 8 heteroatoms. The van der Waals surface area contributed by atoms with Gasteiger partial charge < -0.3 is 24.5 Å². The molecule has 6 rings (SSSR count). The second kappa shape index (κ2) is 12.5. The van der Waals surface area contributed by atoms with Gasteiger partial charge in [-0.3, -0.25) is 14.4 Å². The van der Waals surface area contributed by atoms with E-state index in [0.29, 0.717) is 38.0 Å². The molecule has 6 atom stereocenters. The van der Waals surface area contributed by atoms with Crippen LogP contribution in [0.2, 0.25) is 0 Å². The summed E-state index contributed by atoms with van der Waals surface area (Å²) in [6, 6.07) is 21.8. The average molecular weight is 622 g/mol. The minimum Gasteiger partial charge on any atom is -0.394 e. The molecule has 240 valence electrons. The third-order valence-electron chi connectivity index (χ3n) is 10.4. The van der Waals surface area contributed by atoms with Gasteiger partial charge in [0.05, 0.1) is 30.1 Å². The van der Waals surface area contributed by atoms with Crippen LogP contribution in [0.4, 0.5) is 5.69 Å². The monoisotopic (exact) mass is 621 g/mol. The number of aliphatic hydroxyl groups excluding tert-OH is 1. The lowest BCUT2D eigenvalue weighted by atomic mass is 9.64. The smallest absolute Gasteiger partial charge is 0.253 e. The molecule has 1 N–H and O–H groups in total. The topological polar surface area (TPSA) is 90.4 Å². The highest BCUT2D eigenvalue weighted by atomic mass is 16.5. The predicted molar refractivity (Wildman–Crippen MR) is 179 cm³/mol. The highest BCUT2D eigenvalue weighted by Crippen LogP contribution is 2.65. The van der Waals surface area contributed by atoms with Crippen LogP contribution in [-0.2, 0) is 25.7 Å². The van der Waals surface area contributed by atoms with Crippen molar-refractivity contribution in [3.63, 3.8) is 0 Å². The molecule has 3 fully saturated rings. The molecule has 3 aromatic carbocycles. The lowest BCUT2D eigenvalue weighted by Crippen LogP contribution is -2.58. The van der Waals surface area contributed by atoms with Gasteiger partial charge in [-0.25, -0.2) is 0 Å². The summed E-state index contributed by atoms with van der Waals surface area (Å²) in [4.78, 5) is 49.1. The van der Waals surface area contributed by atoms with Gasteiger partial charge in [0.15, 0.2) is 0 Å². The Bertz CT molecular complexity index is 1660. The van der Waals surface area contributed by atoms with Crippen LogP contribution in [0.15, 0.2) is 98.1 Å². The number of likely N-dealkylation sites (tertiary alicyclic amines) is 1. The first-order chi connectivity index (χ1) is 22.2. The second-order valence-electron chi connectivity index (χ2n) is 12.9. The average Bonchev–Trinajstić information content (AvgIpc) is 3.69. The SMILES string of the molecule is C=CCN(Cc1ccccc1)C(=O)[C@H]1[C@H]2C(=O)N([C@H](C)CO)C(C(=O)N(CC=C)c3ccc4ccccc4c3)C23CC[C@]1(CC)O3. The number of anilines is 1. The highest BCUT2D eigenvalue weighted by molar-refractivity contribution is 6.06. The number of amides is 3. The van der Waals surface area contributed by atoms with E-state index < -0.39 is 35.1 Å². The van der Waals surface area contributed by atoms with Crippen molar-refractivity contribution >= 4 is 34.2 Å². The standard InChI is InChI=1S/C38H43N3O5/c1-5-21-39(24-27-13-9-8-10-14-27)34(43)31-32-35(44)41(26(4)25-42)33(38(32)20-19-37(31,7-3)46-38)36(45)40(22-6-2)30-18-17-28-15-11-12-16-29(28)23-30/h5-6,8-18,23,26,31-33,42H,1-2,7,19-22,24-25H2,3-4H3/t26-,31-,32+,33?,37+,38?/m1/s1. The van der Waals surface area contributed by atoms with Crippen molar-refractivity contribution in [3.8, 4) is 0 Å². The Morgan fingerprint density at radius 2 is 1.70 bits per heavy atom. The van der Waals surface area contributed by atoms with Crippen LogP contribution >= 0.6 is 0 Å². The first kappa shape index (κ1) is 31.7. The largest absolute Gasteiger partial charge is 0.394 e. The zero-order valence-electron chi connectivity index (χ0n) is 26.7. The lowest BCUT2D eigenvalue weighted by molar-refractivity contribution is -0.153. The summed E-state index contributed by atoms with van der Waals surface area (Å²) >= 11 is 0. The number of rotatable bonds is 12. The van der Waals surface area contributed by atoms with Gasteiger partial charge in [-0.1, -0.05) is 79.7 Å². The minimum absolute atomic E-state index is 0.173. The quantitative estimate of drug-likeness (QED) is 0.284. The van der Waals surface area contributed by atoms with Crippen LogP contribution in [0.3, 0.4) is 0 Å². The van der Waals surface area contributed by atoms with Gasteiger partial charge in [0.25, 0.3) is 5.91 Å². The molecule has 3 amide bonds. The molecule has 1 spiro atoms. The zero-order valence-corrected chi connectivity index (χ0v) is 26.7. The Kier molecular flexibility index (Phi) is 8.61. The molecule has 2 bridgehead atoms. The van der Waals surface area contributed by atoms with E-state index in [0.717, 1.165) is 16.3 Å². The van der Waals surface area contributed by atoms with E-state index >= 15 is 0 Å². The van der Waals surface area contributed by atoms with Gasteiger partial charge in [-0.05, 0) is 54.7 Å². The number of carbonyl (C=O) groups is 3. The summed E-state index contributed by atoms with van der Waals surface area (Å²) in [5, 5.41) is 12.4. The van der Waals surface area contributed by atoms with Gasteiger partial charge in [-0.15, -0.1) is 13.2 Å². The highest BCUT2D eigenvalue weighted by Gasteiger charge is 2.79. The molecule has 3 aromatic rings. The number of carbonyl (C=O) groups excluding carboxylic acids is 3. The van der Waals surface area contributed by atoms with E-state index in [1.807, 2.05) is 79.7 Å². The van der Waals surface area contributed by atoms with E-state index in [-0.39, 0.29) is 30.9 Å². The molecule has 0 aliphatic carbocycles. The summed E-state index contributed by atoms with van der Waals surface area (Å²) < 4.78 is 7.01. The molecular formula is C38H43N3O5. The van der Waals surface area contributed by atoms with Crippen LogP contribution in [-0.4, -0.2) is 75.6 Å². The third kappa shape index (κ3) is 4.95. The number of hydrogen-bond donors (Lipinski definition) is 1. The van der Waals surface area contributed by atoms with Gasteiger partial charge in [0.2, 0.25) is 11.8 Å². The first-order valence-corrected chi connectivity index (χ1v) is 16.2. The fourth-order valence-electron chi connectivity index (χ4n) is 8.21. The maximum atomic E-state index is 14.9. The van der Waals surface area contributed by atoms with Crippen LogP contribution < -0.4 is 4.90 Å². The first-order valence-electron chi connectivity index (χ1n) is 16.2. The molecule has 8 nitrogen and oxygen atoms in total. The zero-order chi connectivity index (χ0) is 32.6. The number of fused-ring (bicyclic) bond motifs is 2. The maximum absolute atomic E-state index is 14.9. The molecule has 3 aliphatic heterocycles. The normalized spacial score (nSPS) is 27.0. The molecule has 46 heavy (non-hydrogen) atoms. The summed E-state index contributed by atoms with van der Waals surface area (Å²) in [7, 11) is 0. The Morgan fingerprint density at radius 3 is 2.37 bits per heavy atom. The fraction of sp³-hybridized carbons (Fsp3) is 0.395. The summed E-state index contributed by atoms with van der Waals surface area (Å²) in [5.74, 6) is -2.43. The Labute approximate surface area is 270 Å². The fourth-order valence-corrected chi connectivity index (χ4v) is 8.21. The molecule has 3 heterocycles. The van der Waals surface area contributed by atoms with E-state index in [2.05, 4.69) is 13.2 Å². The van der Waals surface area contributed by atoms with Gasteiger partial charge >= 0.3 is 0 Å². The van der Waals surface area contributed by atoms with E-state index in [1.54, 1.807) is 28.9 Å². The van der Waals surface area contributed by atoms with Crippen LogP contribution in [0.5, 0.6) is 0 Å². The number of hydrogen-bond acceptors (Lipinski definition) is 5. The van der Waals surface area contributed by atoms with Crippen molar-refractivity contribution in [2.45, 2.75) is 62.9 Å². The molecule has 0 radical (unpaired) electrons. The molecule has 0 aromatic heterocycles. The molecule has 0 saturated carbocycles. The predicted octanol–water partition coefficient (Wildman–Crippen LogP) is 5.11. The van der Waals surface area contributed by atoms with Crippen LogP contribution in [0.1, 0.15) is 38.7 Å². The number of aliphatic hydroxyl groups is 1. The second-order valence-corrected chi connectivity index (χ2v) is 12.9. The molecule has 2 unspecified atom stereocenters. The van der Waals surface area contributed by atoms with Crippen molar-refractivity contribution < 1.29 is 24.2 Å². The van der Waals surface area contributed by atoms with Crippen molar-refractivity contribution in [2.75, 3.05) is 24.6 Å². The number of benzene rings is 3. The van der Waals surface area contributed by atoms with E-state index in [4.69, 9.17) is 4.74 Å². The van der Waals surface area contributed by atoms with Gasteiger partial charge in [-0.2, -0.15) is 0 Å². The molecular weight excluding hydrogens is 578 g/mol. The molecule has 3 aliphatic rings. The number of nitrogens with zero attached hydrogens (tertiary/aromatic N) is 3. The van der Waals surface area contributed by atoms with Gasteiger partial charge in [0, 0.05) is 25.3 Å². The van der Waals surface area contributed by atoms with Gasteiger partial charge in [0.1, 0.15) is 11.6 Å². The Morgan fingerprint density at radius 1 is 1.00 bits per heavy atom. The summed E-state index contributed by atoms with van der Waals surface area (Å²) in [6.07, 6.45) is 4.91. The Hall–Kier alpha value is -4.27. The third-order valence-corrected chi connectivity index (χ3v) is 10.4. The van der Waals surface area contributed by atoms with Crippen molar-refractivity contribution in [1.82, 2.24) is 9.80 Å². The summed E-state index contributed by atoms with van der Waals surface area (Å²) in [6.45, 7) is 12.1. The minimum atomic E-state index is -1.21. The maximum Gasteiger partial charge on any atom is 0.253 e. The lowest BCUT2D eigenvalue weighted by Gasteiger charge is -2.38. The van der Waals surface area contributed by atoms with Crippen molar-refractivity contribution in [1.29, 1.82) is 0 Å². The van der Waals surface area contributed by atoms with Crippen LogP contribution in [0, 0.1) is 11.8 Å². The Balaban J connectivity index is 1.43. The van der Waals surface area contributed by atoms with Crippen molar-refractivity contribution in [3.05, 3.63) is 104 Å². The number of ether oxygens (including phenoxy) is 1. The summed E-state index contributed by atoms with van der Waals surface area (Å²) in [5.41, 5.74) is -0.444.